The lowest BCUT2D eigenvalue weighted by Gasteiger charge is -2.30. The SMILES string of the molecule is CCCC(CC(CC)C(CC)CC)C(C)C. The quantitative estimate of drug-likeness (QED) is 0.458. The third-order valence-electron chi connectivity index (χ3n) is 4.45. The zero-order chi connectivity index (χ0) is 12.6. The molecule has 2 unspecified atom stereocenters. The van der Waals surface area contributed by atoms with Crippen molar-refractivity contribution in [3.8, 4) is 0 Å². The molecule has 0 aromatic rings. The van der Waals surface area contributed by atoms with Gasteiger partial charge in [0.1, 0.15) is 0 Å². The Kier molecular flexibility index (Phi) is 9.07. The van der Waals surface area contributed by atoms with Crippen molar-refractivity contribution in [3.05, 3.63) is 0 Å². The average molecular weight is 226 g/mol. The van der Waals surface area contributed by atoms with E-state index in [4.69, 9.17) is 0 Å². The molecule has 0 aliphatic heterocycles. The summed E-state index contributed by atoms with van der Waals surface area (Å²) < 4.78 is 0. The van der Waals surface area contributed by atoms with Crippen LogP contribution in [-0.2, 0) is 0 Å². The van der Waals surface area contributed by atoms with Crippen LogP contribution in [0.1, 0.15) is 80.1 Å². The van der Waals surface area contributed by atoms with E-state index >= 15 is 0 Å². The first-order valence-corrected chi connectivity index (χ1v) is 7.60. The molecule has 0 saturated carbocycles. The lowest BCUT2D eigenvalue weighted by atomic mass is 9.76. The van der Waals surface area contributed by atoms with E-state index in [2.05, 4.69) is 41.5 Å². The highest BCUT2D eigenvalue weighted by molar-refractivity contribution is 4.73. The van der Waals surface area contributed by atoms with Gasteiger partial charge in [-0.2, -0.15) is 0 Å². The van der Waals surface area contributed by atoms with Crippen LogP contribution < -0.4 is 0 Å². The monoisotopic (exact) mass is 226 g/mol. The molecule has 2 atom stereocenters. The number of hydrogen-bond donors (Lipinski definition) is 0. The summed E-state index contributed by atoms with van der Waals surface area (Å²) in [5, 5.41) is 0. The Bertz CT molecular complexity index is 144. The van der Waals surface area contributed by atoms with Gasteiger partial charge in [0.2, 0.25) is 0 Å². The van der Waals surface area contributed by atoms with Crippen LogP contribution in [0.3, 0.4) is 0 Å². The minimum absolute atomic E-state index is 0.864. The number of rotatable bonds is 9. The zero-order valence-corrected chi connectivity index (χ0v) is 12.6. The molecule has 0 aromatic carbocycles. The Hall–Kier alpha value is 0. The summed E-state index contributed by atoms with van der Waals surface area (Å²) in [6, 6.07) is 0. The third kappa shape index (κ3) is 5.37. The predicted molar refractivity (Wildman–Crippen MR) is 75.7 cm³/mol. The first kappa shape index (κ1) is 16.0. The van der Waals surface area contributed by atoms with Crippen molar-refractivity contribution in [1.82, 2.24) is 0 Å². The summed E-state index contributed by atoms with van der Waals surface area (Å²) in [5.74, 6) is 3.75. The first-order valence-electron chi connectivity index (χ1n) is 7.60. The van der Waals surface area contributed by atoms with Crippen LogP contribution in [0, 0.1) is 23.7 Å². The van der Waals surface area contributed by atoms with Gasteiger partial charge in [-0.1, -0.05) is 73.6 Å². The molecule has 0 spiro atoms. The highest BCUT2D eigenvalue weighted by Gasteiger charge is 2.22. The van der Waals surface area contributed by atoms with Gasteiger partial charge in [0.25, 0.3) is 0 Å². The second-order valence-corrected chi connectivity index (χ2v) is 5.77. The summed E-state index contributed by atoms with van der Waals surface area (Å²) in [5.41, 5.74) is 0. The molecule has 0 aliphatic rings. The van der Waals surface area contributed by atoms with Crippen LogP contribution >= 0.6 is 0 Å². The van der Waals surface area contributed by atoms with E-state index in [-0.39, 0.29) is 0 Å². The van der Waals surface area contributed by atoms with E-state index in [1.807, 2.05) is 0 Å². The van der Waals surface area contributed by atoms with Crippen molar-refractivity contribution in [2.75, 3.05) is 0 Å². The van der Waals surface area contributed by atoms with Crippen LogP contribution in [0.4, 0.5) is 0 Å². The van der Waals surface area contributed by atoms with E-state index < -0.39 is 0 Å². The molecule has 0 nitrogen and oxygen atoms in total. The third-order valence-corrected chi connectivity index (χ3v) is 4.45. The zero-order valence-electron chi connectivity index (χ0n) is 12.6. The molecule has 0 fully saturated rings. The lowest BCUT2D eigenvalue weighted by Crippen LogP contribution is -2.20. The second-order valence-electron chi connectivity index (χ2n) is 5.77. The van der Waals surface area contributed by atoms with Gasteiger partial charge in [0, 0.05) is 0 Å². The molecule has 0 N–H and O–H groups in total. The van der Waals surface area contributed by atoms with Crippen molar-refractivity contribution >= 4 is 0 Å². The Morgan fingerprint density at radius 3 is 1.50 bits per heavy atom. The topological polar surface area (TPSA) is 0 Å². The van der Waals surface area contributed by atoms with Gasteiger partial charge in [-0.05, 0) is 30.1 Å². The fraction of sp³-hybridized carbons (Fsp3) is 1.00. The van der Waals surface area contributed by atoms with E-state index in [1.54, 1.807) is 0 Å². The number of hydrogen-bond acceptors (Lipinski definition) is 0. The summed E-state index contributed by atoms with van der Waals surface area (Å²) in [6.07, 6.45) is 8.35. The Balaban J connectivity index is 4.35. The van der Waals surface area contributed by atoms with E-state index in [0.717, 1.165) is 23.7 Å². The molecular weight excluding hydrogens is 192 g/mol. The minimum Gasteiger partial charge on any atom is -0.0654 e. The first-order chi connectivity index (χ1) is 7.60. The van der Waals surface area contributed by atoms with Gasteiger partial charge in [-0.15, -0.1) is 0 Å². The van der Waals surface area contributed by atoms with Crippen molar-refractivity contribution in [2.45, 2.75) is 80.1 Å². The molecule has 0 heterocycles. The largest absolute Gasteiger partial charge is 0.0654 e. The second kappa shape index (κ2) is 9.07. The molecule has 0 aliphatic carbocycles. The Labute approximate surface area is 104 Å². The molecule has 0 rings (SSSR count). The van der Waals surface area contributed by atoms with Gasteiger partial charge in [-0.3, -0.25) is 0 Å². The van der Waals surface area contributed by atoms with Crippen LogP contribution in [0.2, 0.25) is 0 Å². The van der Waals surface area contributed by atoms with Gasteiger partial charge in [-0.25, -0.2) is 0 Å². The maximum absolute atomic E-state index is 2.40. The summed E-state index contributed by atoms with van der Waals surface area (Å²) >= 11 is 0. The fourth-order valence-corrected chi connectivity index (χ4v) is 3.13. The van der Waals surface area contributed by atoms with E-state index in [9.17, 15) is 0 Å². The van der Waals surface area contributed by atoms with Gasteiger partial charge >= 0.3 is 0 Å². The van der Waals surface area contributed by atoms with Crippen LogP contribution in [0.5, 0.6) is 0 Å². The van der Waals surface area contributed by atoms with Crippen LogP contribution in [-0.4, -0.2) is 0 Å². The highest BCUT2D eigenvalue weighted by atomic mass is 14.3. The van der Waals surface area contributed by atoms with Gasteiger partial charge in [0.15, 0.2) is 0 Å². The summed E-state index contributed by atoms with van der Waals surface area (Å²) in [7, 11) is 0. The standard InChI is InChI=1S/C16H34/c1-7-11-16(13(5)6)12-15(10-4)14(8-2)9-3/h13-16H,7-12H2,1-6H3. The molecule has 0 amide bonds. The van der Waals surface area contributed by atoms with Gasteiger partial charge < -0.3 is 0 Å². The summed E-state index contributed by atoms with van der Waals surface area (Å²) in [4.78, 5) is 0. The highest BCUT2D eigenvalue weighted by Crippen LogP contribution is 2.33. The molecule has 16 heavy (non-hydrogen) atoms. The molecule has 98 valence electrons. The maximum Gasteiger partial charge on any atom is -0.0386 e. The van der Waals surface area contributed by atoms with Crippen molar-refractivity contribution in [1.29, 1.82) is 0 Å². The Morgan fingerprint density at radius 1 is 0.688 bits per heavy atom. The molecule has 0 radical (unpaired) electrons. The van der Waals surface area contributed by atoms with Crippen LogP contribution in [0.15, 0.2) is 0 Å². The van der Waals surface area contributed by atoms with Crippen molar-refractivity contribution in [2.24, 2.45) is 23.7 Å². The molecule has 0 aromatic heterocycles. The summed E-state index contributed by atoms with van der Waals surface area (Å²) in [6.45, 7) is 14.2. The molecule has 0 saturated heterocycles. The maximum atomic E-state index is 2.40. The molecule has 0 heteroatoms. The fourth-order valence-electron chi connectivity index (χ4n) is 3.13. The van der Waals surface area contributed by atoms with Gasteiger partial charge in [0.05, 0.1) is 0 Å². The normalized spacial score (nSPS) is 15.8. The smallest absolute Gasteiger partial charge is 0.0386 e. The molecular formula is C16H34. The molecule has 0 bridgehead atoms. The van der Waals surface area contributed by atoms with Crippen LogP contribution in [0.25, 0.3) is 0 Å². The average Bonchev–Trinajstić information content (AvgIpc) is 2.27. The minimum atomic E-state index is 0.864. The van der Waals surface area contributed by atoms with Crippen molar-refractivity contribution < 1.29 is 0 Å². The van der Waals surface area contributed by atoms with E-state index in [0.29, 0.717) is 0 Å². The predicted octanol–water partition coefficient (Wildman–Crippen LogP) is 5.91. The Morgan fingerprint density at radius 2 is 1.19 bits per heavy atom. The lowest BCUT2D eigenvalue weighted by molar-refractivity contribution is 0.207. The van der Waals surface area contributed by atoms with Crippen molar-refractivity contribution in [3.63, 3.8) is 0 Å². The van der Waals surface area contributed by atoms with E-state index in [1.165, 1.54) is 38.5 Å².